The molecule has 1 aliphatic heterocycles. The highest BCUT2D eigenvalue weighted by molar-refractivity contribution is 5.68. The van der Waals surface area contributed by atoms with Gasteiger partial charge in [-0.25, -0.2) is 4.79 Å². The molecule has 2 fully saturated rings. The number of piperidine rings is 1. The smallest absolute Gasteiger partial charge is 0.410 e. The average Bonchev–Trinajstić information content (AvgIpc) is 2.55. The molecule has 1 saturated heterocycles. The lowest BCUT2D eigenvalue weighted by molar-refractivity contribution is 0.0274. The van der Waals surface area contributed by atoms with Crippen molar-refractivity contribution in [3.63, 3.8) is 0 Å². The summed E-state index contributed by atoms with van der Waals surface area (Å²) in [6.45, 7) is 7.55. The van der Waals surface area contributed by atoms with Crippen molar-refractivity contribution >= 4 is 6.09 Å². The number of fused-ring (bicyclic) bond motifs is 1. The van der Waals surface area contributed by atoms with Crippen molar-refractivity contribution in [2.24, 2.45) is 11.8 Å². The van der Waals surface area contributed by atoms with Gasteiger partial charge in [-0.3, -0.25) is 0 Å². The highest BCUT2D eigenvalue weighted by Gasteiger charge is 2.47. The Labute approximate surface area is 79.0 Å². The first-order chi connectivity index (χ1) is 5.96. The van der Waals surface area contributed by atoms with E-state index in [1.54, 1.807) is 0 Å². The second-order valence-electron chi connectivity index (χ2n) is 5.14. The van der Waals surface area contributed by atoms with E-state index in [9.17, 15) is 4.79 Å². The van der Waals surface area contributed by atoms with Crippen LogP contribution in [0.4, 0.5) is 4.79 Å². The van der Waals surface area contributed by atoms with Gasteiger partial charge in [0.1, 0.15) is 5.60 Å². The molecule has 1 unspecified atom stereocenters. The van der Waals surface area contributed by atoms with E-state index in [0.29, 0.717) is 0 Å². The number of amides is 1. The van der Waals surface area contributed by atoms with Gasteiger partial charge < -0.3 is 9.64 Å². The van der Waals surface area contributed by atoms with E-state index in [0.717, 1.165) is 24.9 Å². The third-order valence-corrected chi connectivity index (χ3v) is 2.63. The molecule has 1 amide bonds. The number of hydrogen-bond acceptors (Lipinski definition) is 2. The average molecular weight is 183 g/mol. The fraction of sp³-hybridized carbons (Fsp3) is 0.900. The number of carbonyl (C=O) groups is 1. The number of ether oxygens (including phenoxy) is 1. The molecule has 0 aromatic carbocycles. The first-order valence-electron chi connectivity index (χ1n) is 4.93. The van der Waals surface area contributed by atoms with Gasteiger partial charge in [-0.15, -0.1) is 0 Å². The molecule has 2 aliphatic rings. The van der Waals surface area contributed by atoms with Crippen LogP contribution in [0.1, 0.15) is 27.2 Å². The van der Waals surface area contributed by atoms with Crippen molar-refractivity contribution in [1.29, 1.82) is 0 Å². The Morgan fingerprint density at radius 1 is 1.31 bits per heavy atom. The predicted molar refractivity (Wildman–Crippen MR) is 49.4 cm³/mol. The van der Waals surface area contributed by atoms with E-state index in [1.165, 1.54) is 6.42 Å². The summed E-state index contributed by atoms with van der Waals surface area (Å²) in [5, 5.41) is 0. The van der Waals surface area contributed by atoms with Crippen LogP contribution in [0.2, 0.25) is 0 Å². The Balaban J connectivity index is 1.84. The summed E-state index contributed by atoms with van der Waals surface area (Å²) in [5.74, 6) is 1.57. The Kier molecular flexibility index (Phi) is 1.79. The van der Waals surface area contributed by atoms with Gasteiger partial charge >= 0.3 is 6.09 Å². The molecule has 1 saturated carbocycles. The maximum atomic E-state index is 11.5. The second kappa shape index (κ2) is 2.63. The van der Waals surface area contributed by atoms with Crippen LogP contribution in [0.25, 0.3) is 0 Å². The van der Waals surface area contributed by atoms with Gasteiger partial charge in [-0.1, -0.05) is 0 Å². The lowest BCUT2D eigenvalue weighted by atomic mass is 10.2. The Morgan fingerprint density at radius 3 is 2.31 bits per heavy atom. The first kappa shape index (κ1) is 8.85. The molecule has 3 nitrogen and oxygen atoms in total. The number of rotatable bonds is 0. The fourth-order valence-electron chi connectivity index (χ4n) is 1.87. The zero-order chi connectivity index (χ0) is 9.64. The zero-order valence-electron chi connectivity index (χ0n) is 8.54. The van der Waals surface area contributed by atoms with Crippen LogP contribution < -0.4 is 0 Å². The molecule has 3 heteroatoms. The molecule has 2 atom stereocenters. The molecular formula is C10H17NO2. The van der Waals surface area contributed by atoms with Gasteiger partial charge in [-0.2, -0.15) is 0 Å². The quantitative estimate of drug-likeness (QED) is 0.574. The van der Waals surface area contributed by atoms with E-state index >= 15 is 0 Å². The molecule has 0 spiro atoms. The minimum Gasteiger partial charge on any atom is -0.444 e. The van der Waals surface area contributed by atoms with Crippen molar-refractivity contribution in [3.8, 4) is 0 Å². The lowest BCUT2D eigenvalue weighted by Crippen LogP contribution is -2.36. The van der Waals surface area contributed by atoms with Gasteiger partial charge in [0, 0.05) is 13.1 Å². The van der Waals surface area contributed by atoms with Gasteiger partial charge in [0.15, 0.2) is 0 Å². The first-order valence-corrected chi connectivity index (χ1v) is 4.93. The molecule has 0 radical (unpaired) electrons. The van der Waals surface area contributed by atoms with Crippen LogP contribution >= 0.6 is 0 Å². The molecule has 0 bridgehead atoms. The van der Waals surface area contributed by atoms with Gasteiger partial charge in [0.05, 0.1) is 0 Å². The SMILES string of the molecule is CC(C)(C)OC(=O)N1CC2C[C@H]2C1. The second-order valence-corrected chi connectivity index (χ2v) is 5.14. The summed E-state index contributed by atoms with van der Waals surface area (Å²) in [4.78, 5) is 13.4. The summed E-state index contributed by atoms with van der Waals surface area (Å²) >= 11 is 0. The molecule has 13 heavy (non-hydrogen) atoms. The van der Waals surface area contributed by atoms with Crippen molar-refractivity contribution in [1.82, 2.24) is 4.90 Å². The molecule has 74 valence electrons. The van der Waals surface area contributed by atoms with Crippen molar-refractivity contribution in [2.75, 3.05) is 13.1 Å². The van der Waals surface area contributed by atoms with Crippen LogP contribution in [-0.4, -0.2) is 29.7 Å². The highest BCUT2D eigenvalue weighted by atomic mass is 16.6. The van der Waals surface area contributed by atoms with Crippen molar-refractivity contribution in [2.45, 2.75) is 32.8 Å². The highest BCUT2D eigenvalue weighted by Crippen LogP contribution is 2.45. The molecule has 1 aliphatic carbocycles. The summed E-state index contributed by atoms with van der Waals surface area (Å²) in [7, 11) is 0. The van der Waals surface area contributed by atoms with Crippen LogP contribution in [0.15, 0.2) is 0 Å². The molecule has 0 aromatic heterocycles. The normalized spacial score (nSPS) is 31.5. The largest absolute Gasteiger partial charge is 0.444 e. The number of hydrogen-bond donors (Lipinski definition) is 0. The van der Waals surface area contributed by atoms with Gasteiger partial charge in [0.2, 0.25) is 0 Å². The summed E-state index contributed by atoms with van der Waals surface area (Å²) < 4.78 is 5.28. The zero-order valence-corrected chi connectivity index (χ0v) is 8.54. The van der Waals surface area contributed by atoms with E-state index in [2.05, 4.69) is 0 Å². The van der Waals surface area contributed by atoms with Gasteiger partial charge in [-0.05, 0) is 39.0 Å². The number of likely N-dealkylation sites (tertiary alicyclic amines) is 1. The molecular weight excluding hydrogens is 166 g/mol. The third kappa shape index (κ3) is 1.95. The standard InChI is InChI=1S/C10H17NO2/c1-10(2,3)13-9(12)11-5-7-4-8(7)6-11/h7-8H,4-6H2,1-3H3/t7-,8?/m0/s1. The van der Waals surface area contributed by atoms with Gasteiger partial charge in [0.25, 0.3) is 0 Å². The Morgan fingerprint density at radius 2 is 1.85 bits per heavy atom. The lowest BCUT2D eigenvalue weighted by Gasteiger charge is -2.25. The number of nitrogens with zero attached hydrogens (tertiary/aromatic N) is 1. The minimum atomic E-state index is -0.357. The summed E-state index contributed by atoms with van der Waals surface area (Å²) in [6, 6.07) is 0. The topological polar surface area (TPSA) is 29.5 Å². The van der Waals surface area contributed by atoms with Crippen LogP contribution in [0.5, 0.6) is 0 Å². The minimum absolute atomic E-state index is 0.139. The van der Waals surface area contributed by atoms with E-state index in [4.69, 9.17) is 4.74 Å². The third-order valence-electron chi connectivity index (χ3n) is 2.63. The maximum absolute atomic E-state index is 11.5. The predicted octanol–water partition coefficient (Wildman–Crippen LogP) is 1.87. The van der Waals surface area contributed by atoms with Crippen molar-refractivity contribution < 1.29 is 9.53 Å². The molecule has 0 N–H and O–H groups in total. The van der Waals surface area contributed by atoms with E-state index in [-0.39, 0.29) is 11.7 Å². The van der Waals surface area contributed by atoms with Crippen LogP contribution in [0, 0.1) is 11.8 Å². The van der Waals surface area contributed by atoms with Crippen LogP contribution in [-0.2, 0) is 4.74 Å². The summed E-state index contributed by atoms with van der Waals surface area (Å²) in [6.07, 6.45) is 1.18. The fourth-order valence-corrected chi connectivity index (χ4v) is 1.87. The number of carbonyl (C=O) groups excluding carboxylic acids is 1. The molecule has 0 aromatic rings. The monoisotopic (exact) mass is 183 g/mol. The van der Waals surface area contributed by atoms with Crippen molar-refractivity contribution in [3.05, 3.63) is 0 Å². The Hall–Kier alpha value is -0.730. The van der Waals surface area contributed by atoms with Crippen LogP contribution in [0.3, 0.4) is 0 Å². The Bertz CT molecular complexity index is 222. The molecule has 1 heterocycles. The summed E-state index contributed by atoms with van der Waals surface area (Å²) in [5.41, 5.74) is -0.357. The maximum Gasteiger partial charge on any atom is 0.410 e. The van der Waals surface area contributed by atoms with E-state index < -0.39 is 0 Å². The molecule has 2 rings (SSSR count). The van der Waals surface area contributed by atoms with E-state index in [1.807, 2.05) is 25.7 Å².